The fourth-order valence-corrected chi connectivity index (χ4v) is 1.01. The van der Waals surface area contributed by atoms with Crippen LogP contribution in [0.25, 0.3) is 0 Å². The van der Waals surface area contributed by atoms with Gasteiger partial charge in [-0.2, -0.15) is 13.2 Å². The molecule has 0 fully saturated rings. The van der Waals surface area contributed by atoms with Crippen LogP contribution >= 0.6 is 0 Å². The molecule has 13 heavy (non-hydrogen) atoms. The number of hydrogen-bond acceptors (Lipinski definition) is 2. The average Bonchev–Trinajstić information content (AvgIpc) is 1.97. The zero-order valence-corrected chi connectivity index (χ0v) is 7.98. The Balaban J connectivity index is 4.26. The number of rotatable bonds is 4. The van der Waals surface area contributed by atoms with Gasteiger partial charge in [-0.15, -0.1) is 0 Å². The van der Waals surface area contributed by atoms with Gasteiger partial charge in [0.25, 0.3) is 0 Å². The Morgan fingerprint density at radius 1 is 1.46 bits per heavy atom. The molecular formula is C8H14F3NO. The fourth-order valence-electron chi connectivity index (χ4n) is 1.01. The molecule has 0 aliphatic rings. The Labute approximate surface area is 75.7 Å². The Morgan fingerprint density at radius 3 is 2.15 bits per heavy atom. The van der Waals surface area contributed by atoms with E-state index < -0.39 is 18.8 Å². The van der Waals surface area contributed by atoms with Gasteiger partial charge in [-0.1, -0.05) is 6.92 Å². The minimum Gasteiger partial charge on any atom is -0.298 e. The van der Waals surface area contributed by atoms with Crippen molar-refractivity contribution >= 4 is 5.78 Å². The molecule has 0 spiro atoms. The van der Waals surface area contributed by atoms with Crippen LogP contribution in [0.2, 0.25) is 0 Å². The Morgan fingerprint density at radius 2 is 1.92 bits per heavy atom. The van der Waals surface area contributed by atoms with E-state index in [9.17, 15) is 18.0 Å². The van der Waals surface area contributed by atoms with Crippen LogP contribution in [0.4, 0.5) is 13.2 Å². The van der Waals surface area contributed by atoms with Gasteiger partial charge >= 0.3 is 6.18 Å². The van der Waals surface area contributed by atoms with Crippen LogP contribution in [-0.2, 0) is 4.79 Å². The summed E-state index contributed by atoms with van der Waals surface area (Å²) in [4.78, 5) is 11.9. The van der Waals surface area contributed by atoms with Crippen LogP contribution in [-0.4, -0.2) is 36.0 Å². The second-order valence-electron chi connectivity index (χ2n) is 2.96. The standard InChI is InChI=1S/C8H14F3NO/c1-4-12(5-8(9,10)11)6(2)7(3)13/h6H,4-5H2,1-3H3. The van der Waals surface area contributed by atoms with E-state index in [1.807, 2.05) is 0 Å². The highest BCUT2D eigenvalue weighted by Gasteiger charge is 2.32. The smallest absolute Gasteiger partial charge is 0.298 e. The first-order chi connectivity index (χ1) is 5.78. The highest BCUT2D eigenvalue weighted by molar-refractivity contribution is 5.80. The molecule has 0 heterocycles. The molecule has 0 aromatic rings. The predicted octanol–water partition coefficient (Wildman–Crippen LogP) is 1.85. The number of nitrogens with zero attached hydrogens (tertiary/aromatic N) is 1. The van der Waals surface area contributed by atoms with Crippen LogP contribution in [0.3, 0.4) is 0 Å². The van der Waals surface area contributed by atoms with E-state index in [0.29, 0.717) is 0 Å². The van der Waals surface area contributed by atoms with Crippen molar-refractivity contribution in [3.8, 4) is 0 Å². The molecule has 0 rings (SSSR count). The second kappa shape index (κ2) is 4.60. The average molecular weight is 197 g/mol. The molecular weight excluding hydrogens is 183 g/mol. The maximum atomic E-state index is 12.0. The number of carbonyl (C=O) groups is 1. The number of ketones is 1. The van der Waals surface area contributed by atoms with Gasteiger partial charge in [0.05, 0.1) is 12.6 Å². The van der Waals surface area contributed by atoms with Gasteiger partial charge in [0, 0.05) is 0 Å². The summed E-state index contributed by atoms with van der Waals surface area (Å²) in [6.07, 6.45) is -4.24. The Bertz CT molecular complexity index is 179. The lowest BCUT2D eigenvalue weighted by Gasteiger charge is -2.26. The maximum Gasteiger partial charge on any atom is 0.401 e. The van der Waals surface area contributed by atoms with Gasteiger partial charge in [-0.05, 0) is 20.4 Å². The van der Waals surface area contributed by atoms with E-state index in [-0.39, 0.29) is 12.3 Å². The lowest BCUT2D eigenvalue weighted by atomic mass is 10.2. The van der Waals surface area contributed by atoms with Crippen molar-refractivity contribution in [1.82, 2.24) is 4.90 Å². The first kappa shape index (κ1) is 12.4. The van der Waals surface area contributed by atoms with Gasteiger partial charge in [0.15, 0.2) is 0 Å². The van der Waals surface area contributed by atoms with Crippen LogP contribution in [0.1, 0.15) is 20.8 Å². The molecule has 5 heteroatoms. The van der Waals surface area contributed by atoms with Crippen molar-refractivity contribution in [2.24, 2.45) is 0 Å². The Kier molecular flexibility index (Phi) is 4.39. The summed E-state index contributed by atoms with van der Waals surface area (Å²) in [6, 6.07) is -0.661. The third-order valence-corrected chi connectivity index (χ3v) is 1.92. The molecule has 0 radical (unpaired) electrons. The van der Waals surface area contributed by atoms with Crippen LogP contribution in [0, 0.1) is 0 Å². The summed E-state index contributed by atoms with van der Waals surface area (Å²) in [5.41, 5.74) is 0. The Hall–Kier alpha value is -0.580. The molecule has 2 nitrogen and oxygen atoms in total. The van der Waals surface area contributed by atoms with Crippen molar-refractivity contribution in [2.75, 3.05) is 13.1 Å². The lowest BCUT2D eigenvalue weighted by Crippen LogP contribution is -2.43. The number of carbonyl (C=O) groups excluding carboxylic acids is 1. The van der Waals surface area contributed by atoms with Crippen molar-refractivity contribution in [3.63, 3.8) is 0 Å². The molecule has 0 saturated heterocycles. The van der Waals surface area contributed by atoms with Crippen molar-refractivity contribution in [1.29, 1.82) is 0 Å². The normalized spacial score (nSPS) is 14.7. The van der Waals surface area contributed by atoms with Crippen LogP contribution in [0.15, 0.2) is 0 Å². The van der Waals surface area contributed by atoms with Crippen molar-refractivity contribution < 1.29 is 18.0 Å². The maximum absolute atomic E-state index is 12.0. The van der Waals surface area contributed by atoms with Crippen LogP contribution in [0.5, 0.6) is 0 Å². The van der Waals surface area contributed by atoms with E-state index in [1.165, 1.54) is 13.8 Å². The topological polar surface area (TPSA) is 20.3 Å². The minimum absolute atomic E-state index is 0.222. The number of hydrogen-bond donors (Lipinski definition) is 0. The second-order valence-corrected chi connectivity index (χ2v) is 2.96. The first-order valence-electron chi connectivity index (χ1n) is 4.09. The highest BCUT2D eigenvalue weighted by atomic mass is 19.4. The van der Waals surface area contributed by atoms with Gasteiger partial charge in [0.2, 0.25) is 0 Å². The van der Waals surface area contributed by atoms with Gasteiger partial charge < -0.3 is 0 Å². The van der Waals surface area contributed by atoms with Crippen molar-refractivity contribution in [3.05, 3.63) is 0 Å². The molecule has 0 bridgehead atoms. The first-order valence-corrected chi connectivity index (χ1v) is 4.09. The molecule has 78 valence electrons. The monoisotopic (exact) mass is 197 g/mol. The summed E-state index contributed by atoms with van der Waals surface area (Å²) < 4.78 is 35.9. The number of Topliss-reactive ketones (excluding diaryl/α,β-unsaturated/α-hetero) is 1. The zero-order chi connectivity index (χ0) is 10.6. The van der Waals surface area contributed by atoms with Gasteiger partial charge in [-0.25, -0.2) is 0 Å². The lowest BCUT2D eigenvalue weighted by molar-refractivity contribution is -0.152. The minimum atomic E-state index is -4.24. The number of alkyl halides is 3. The molecule has 0 aromatic heterocycles. The summed E-state index contributed by atoms with van der Waals surface area (Å²) in [5.74, 6) is -0.244. The molecule has 0 aliphatic heterocycles. The molecule has 1 unspecified atom stereocenters. The largest absolute Gasteiger partial charge is 0.401 e. The summed E-state index contributed by atoms with van der Waals surface area (Å²) >= 11 is 0. The predicted molar refractivity (Wildman–Crippen MR) is 43.4 cm³/mol. The van der Waals surface area contributed by atoms with E-state index in [4.69, 9.17) is 0 Å². The summed E-state index contributed by atoms with van der Waals surface area (Å²) in [7, 11) is 0. The number of halogens is 3. The summed E-state index contributed by atoms with van der Waals surface area (Å²) in [6.45, 7) is 3.58. The summed E-state index contributed by atoms with van der Waals surface area (Å²) in [5, 5.41) is 0. The molecule has 0 aliphatic carbocycles. The van der Waals surface area contributed by atoms with E-state index >= 15 is 0 Å². The highest BCUT2D eigenvalue weighted by Crippen LogP contribution is 2.17. The van der Waals surface area contributed by atoms with E-state index in [2.05, 4.69) is 0 Å². The van der Waals surface area contributed by atoms with Crippen LogP contribution < -0.4 is 0 Å². The fraction of sp³-hybridized carbons (Fsp3) is 0.875. The molecule has 0 amide bonds. The van der Waals surface area contributed by atoms with Crippen molar-refractivity contribution in [2.45, 2.75) is 33.0 Å². The van der Waals surface area contributed by atoms with Gasteiger partial charge in [-0.3, -0.25) is 9.69 Å². The number of likely N-dealkylation sites (N-methyl/N-ethyl adjacent to an activating group) is 1. The molecule has 0 aromatic carbocycles. The third-order valence-electron chi connectivity index (χ3n) is 1.92. The van der Waals surface area contributed by atoms with E-state index in [1.54, 1.807) is 6.92 Å². The van der Waals surface area contributed by atoms with Gasteiger partial charge in [0.1, 0.15) is 5.78 Å². The zero-order valence-electron chi connectivity index (χ0n) is 7.98. The molecule has 0 saturated carbocycles. The third kappa shape index (κ3) is 4.87. The quantitative estimate of drug-likeness (QED) is 0.685. The van der Waals surface area contributed by atoms with E-state index in [0.717, 1.165) is 4.90 Å². The SMILES string of the molecule is CCN(CC(F)(F)F)C(C)C(C)=O. The molecule has 1 atom stereocenters. The molecule has 0 N–H and O–H groups in total.